The van der Waals surface area contributed by atoms with Crippen molar-refractivity contribution in [2.24, 2.45) is 5.10 Å². The van der Waals surface area contributed by atoms with Gasteiger partial charge in [0, 0.05) is 10.4 Å². The van der Waals surface area contributed by atoms with Gasteiger partial charge < -0.3 is 0 Å². The average molecular weight is 286 g/mol. The number of aryl methyl sites for hydroxylation is 2. The summed E-state index contributed by atoms with van der Waals surface area (Å²) in [5.74, 6) is -0.172. The number of hydrazone groups is 1. The Hall–Kier alpha value is -1.94. The molecule has 0 atom stereocenters. The number of amides is 1. The van der Waals surface area contributed by atoms with Crippen molar-refractivity contribution in [1.82, 2.24) is 5.43 Å². The number of nitrogens with one attached hydrogen (secondary N) is 1. The fourth-order valence-electron chi connectivity index (χ4n) is 1.84. The molecule has 2 rings (SSSR count). The first-order valence-electron chi connectivity index (χ1n) is 6.61. The van der Waals surface area contributed by atoms with Gasteiger partial charge in [0.15, 0.2) is 0 Å². The molecule has 1 heterocycles. The highest BCUT2D eigenvalue weighted by Gasteiger charge is 2.08. The Bertz CT molecular complexity index is 643. The van der Waals surface area contributed by atoms with Gasteiger partial charge in [0.05, 0.1) is 10.6 Å². The molecule has 3 nitrogen and oxygen atoms in total. The summed E-state index contributed by atoms with van der Waals surface area (Å²) < 4.78 is 0. The maximum Gasteiger partial charge on any atom is 0.271 e. The zero-order chi connectivity index (χ0) is 14.5. The topological polar surface area (TPSA) is 41.5 Å². The van der Waals surface area contributed by atoms with E-state index in [9.17, 15) is 4.79 Å². The molecule has 20 heavy (non-hydrogen) atoms. The Morgan fingerprint density at radius 3 is 2.65 bits per heavy atom. The van der Waals surface area contributed by atoms with E-state index in [0.717, 1.165) is 22.6 Å². The van der Waals surface area contributed by atoms with Gasteiger partial charge in [0.2, 0.25) is 0 Å². The smallest absolute Gasteiger partial charge is 0.267 e. The zero-order valence-electron chi connectivity index (χ0n) is 11.9. The van der Waals surface area contributed by atoms with Crippen LogP contribution < -0.4 is 5.43 Å². The molecule has 1 amide bonds. The minimum absolute atomic E-state index is 0.172. The van der Waals surface area contributed by atoms with E-state index in [1.54, 1.807) is 17.4 Å². The van der Waals surface area contributed by atoms with Gasteiger partial charge in [-0.15, -0.1) is 11.3 Å². The highest BCUT2D eigenvalue weighted by Crippen LogP contribution is 2.17. The van der Waals surface area contributed by atoms with Crippen LogP contribution in [0.4, 0.5) is 0 Å². The lowest BCUT2D eigenvalue weighted by Crippen LogP contribution is -2.20. The van der Waals surface area contributed by atoms with E-state index < -0.39 is 0 Å². The van der Waals surface area contributed by atoms with Gasteiger partial charge in [0.1, 0.15) is 0 Å². The van der Waals surface area contributed by atoms with Crippen LogP contribution in [-0.4, -0.2) is 11.6 Å². The maximum absolute atomic E-state index is 12.0. The van der Waals surface area contributed by atoms with Crippen LogP contribution in [0.3, 0.4) is 0 Å². The quantitative estimate of drug-likeness (QED) is 0.674. The average Bonchev–Trinajstić information content (AvgIpc) is 2.94. The molecule has 1 N–H and O–H groups in total. The Morgan fingerprint density at radius 2 is 2.00 bits per heavy atom. The Balaban J connectivity index is 2.09. The number of carbonyl (C=O) groups is 1. The van der Waals surface area contributed by atoms with Crippen LogP contribution in [0, 0.1) is 6.92 Å². The first kappa shape index (κ1) is 14.5. The van der Waals surface area contributed by atoms with E-state index in [0.29, 0.717) is 5.56 Å². The third-order valence-corrected chi connectivity index (χ3v) is 4.42. The van der Waals surface area contributed by atoms with Gasteiger partial charge in [-0.3, -0.25) is 4.79 Å². The van der Waals surface area contributed by atoms with Crippen LogP contribution in [0.25, 0.3) is 0 Å². The molecular formula is C16H18N2OS. The first-order chi connectivity index (χ1) is 9.61. The highest BCUT2D eigenvalue weighted by molar-refractivity contribution is 7.14. The second-order valence-electron chi connectivity index (χ2n) is 4.57. The molecule has 0 radical (unpaired) electrons. The van der Waals surface area contributed by atoms with E-state index in [1.165, 1.54) is 4.88 Å². The summed E-state index contributed by atoms with van der Waals surface area (Å²) in [6.07, 6.45) is 1.02. The molecule has 0 saturated carbocycles. The van der Waals surface area contributed by atoms with Gasteiger partial charge in [0.25, 0.3) is 5.91 Å². The molecular weight excluding hydrogens is 268 g/mol. The molecule has 0 bridgehead atoms. The van der Waals surface area contributed by atoms with Crippen LogP contribution in [-0.2, 0) is 6.42 Å². The minimum Gasteiger partial charge on any atom is -0.267 e. The fraction of sp³-hybridized carbons (Fsp3) is 0.250. The molecule has 0 fully saturated rings. The Morgan fingerprint density at radius 1 is 1.25 bits per heavy atom. The number of benzene rings is 1. The van der Waals surface area contributed by atoms with E-state index in [2.05, 4.69) is 23.5 Å². The molecule has 1 aromatic heterocycles. The van der Waals surface area contributed by atoms with Crippen molar-refractivity contribution in [2.75, 3.05) is 0 Å². The van der Waals surface area contributed by atoms with Crippen LogP contribution in [0.5, 0.6) is 0 Å². The van der Waals surface area contributed by atoms with Gasteiger partial charge >= 0.3 is 0 Å². The second kappa shape index (κ2) is 6.48. The number of thiophene rings is 1. The van der Waals surface area contributed by atoms with Crippen molar-refractivity contribution in [3.05, 3.63) is 57.3 Å². The molecule has 0 aliphatic carbocycles. The lowest BCUT2D eigenvalue weighted by Gasteiger charge is -2.04. The van der Waals surface area contributed by atoms with Crippen LogP contribution in [0.1, 0.15) is 39.5 Å². The van der Waals surface area contributed by atoms with Crippen LogP contribution in [0.2, 0.25) is 0 Å². The number of hydrogen-bond donors (Lipinski definition) is 1. The third-order valence-electron chi connectivity index (χ3n) is 3.08. The van der Waals surface area contributed by atoms with Crippen molar-refractivity contribution < 1.29 is 4.79 Å². The molecule has 0 unspecified atom stereocenters. The molecule has 0 saturated heterocycles. The second-order valence-corrected chi connectivity index (χ2v) is 5.74. The van der Waals surface area contributed by atoms with E-state index in [4.69, 9.17) is 0 Å². The Labute approximate surface area is 123 Å². The summed E-state index contributed by atoms with van der Waals surface area (Å²) in [4.78, 5) is 14.5. The largest absolute Gasteiger partial charge is 0.271 e. The first-order valence-corrected chi connectivity index (χ1v) is 7.42. The monoisotopic (exact) mass is 286 g/mol. The molecule has 0 aliphatic rings. The highest BCUT2D eigenvalue weighted by atomic mass is 32.1. The zero-order valence-corrected chi connectivity index (χ0v) is 12.8. The van der Waals surface area contributed by atoms with Crippen molar-refractivity contribution in [2.45, 2.75) is 27.2 Å². The molecule has 0 spiro atoms. The number of carbonyl (C=O) groups excluding carboxylic acids is 1. The van der Waals surface area contributed by atoms with Gasteiger partial charge in [-0.05, 0) is 44.0 Å². The predicted molar refractivity (Wildman–Crippen MR) is 84.6 cm³/mol. The molecule has 1 aromatic carbocycles. The maximum atomic E-state index is 12.0. The fourth-order valence-corrected chi connectivity index (χ4v) is 2.73. The number of nitrogens with zero attached hydrogens (tertiary/aromatic N) is 1. The van der Waals surface area contributed by atoms with Crippen LogP contribution >= 0.6 is 11.3 Å². The molecule has 0 aliphatic heterocycles. The van der Waals surface area contributed by atoms with Gasteiger partial charge in [-0.2, -0.15) is 5.10 Å². The Kier molecular flexibility index (Phi) is 4.69. The summed E-state index contributed by atoms with van der Waals surface area (Å²) in [5.41, 5.74) is 5.05. The third kappa shape index (κ3) is 3.33. The summed E-state index contributed by atoms with van der Waals surface area (Å²) in [7, 11) is 0. The van der Waals surface area contributed by atoms with E-state index in [1.807, 2.05) is 38.1 Å². The van der Waals surface area contributed by atoms with Gasteiger partial charge in [-0.1, -0.05) is 25.1 Å². The standard InChI is InChI=1S/C16H18N2OS/c1-4-13-9-10-15(20-13)12(3)17-18-16(19)14-8-6-5-7-11(14)2/h5-10H,4H2,1-3H3,(H,18,19). The normalized spacial score (nSPS) is 11.4. The minimum atomic E-state index is -0.172. The summed E-state index contributed by atoms with van der Waals surface area (Å²) in [5, 5.41) is 4.19. The number of hydrogen-bond acceptors (Lipinski definition) is 3. The van der Waals surface area contributed by atoms with E-state index in [-0.39, 0.29) is 5.91 Å². The van der Waals surface area contributed by atoms with Gasteiger partial charge in [-0.25, -0.2) is 5.43 Å². The van der Waals surface area contributed by atoms with E-state index >= 15 is 0 Å². The molecule has 2 aromatic rings. The molecule has 4 heteroatoms. The predicted octanol–water partition coefficient (Wildman–Crippen LogP) is 3.77. The van der Waals surface area contributed by atoms with Crippen LogP contribution in [0.15, 0.2) is 41.5 Å². The number of rotatable bonds is 4. The summed E-state index contributed by atoms with van der Waals surface area (Å²) >= 11 is 1.71. The molecule has 104 valence electrons. The van der Waals surface area contributed by atoms with Crippen molar-refractivity contribution in [3.8, 4) is 0 Å². The lowest BCUT2D eigenvalue weighted by molar-refractivity contribution is 0.0954. The van der Waals surface area contributed by atoms with Crippen molar-refractivity contribution in [1.29, 1.82) is 0 Å². The van der Waals surface area contributed by atoms with Crippen molar-refractivity contribution >= 4 is 23.0 Å². The summed E-state index contributed by atoms with van der Waals surface area (Å²) in [6.45, 7) is 5.95. The summed E-state index contributed by atoms with van der Waals surface area (Å²) in [6, 6.07) is 11.6. The lowest BCUT2D eigenvalue weighted by atomic mass is 10.1. The van der Waals surface area contributed by atoms with Crippen molar-refractivity contribution in [3.63, 3.8) is 0 Å². The SMILES string of the molecule is CCc1ccc(C(C)=NNC(=O)c2ccccc2C)s1.